The molecule has 0 spiro atoms. The van der Waals surface area contributed by atoms with Crippen LogP contribution < -0.4 is 10.6 Å². The number of ether oxygens (including phenoxy) is 1. The van der Waals surface area contributed by atoms with E-state index in [4.69, 9.17) is 17.0 Å². The Hall–Kier alpha value is -0.350. The largest absolute Gasteiger partial charge is 0.382 e. The zero-order chi connectivity index (χ0) is 12.6. The summed E-state index contributed by atoms with van der Waals surface area (Å²) < 4.78 is 5.27. The zero-order valence-electron chi connectivity index (χ0n) is 11.2. The predicted octanol–water partition coefficient (Wildman–Crippen LogP) is 2.46. The summed E-state index contributed by atoms with van der Waals surface area (Å²) >= 11 is 5.25. The van der Waals surface area contributed by atoms with Gasteiger partial charge in [-0.1, -0.05) is 19.8 Å². The van der Waals surface area contributed by atoms with Gasteiger partial charge in [0.1, 0.15) is 0 Å². The molecule has 0 bridgehead atoms. The molecule has 0 atom stereocenters. The average Bonchev–Trinajstić information content (AvgIpc) is 2.74. The lowest BCUT2D eigenvalue weighted by molar-refractivity contribution is 0.145. The molecule has 1 fully saturated rings. The lowest BCUT2D eigenvalue weighted by Crippen LogP contribution is -2.41. The number of hydrogen-bond donors (Lipinski definition) is 2. The van der Waals surface area contributed by atoms with Gasteiger partial charge in [-0.25, -0.2) is 0 Å². The molecule has 1 rings (SSSR count). The van der Waals surface area contributed by atoms with E-state index in [0.29, 0.717) is 5.41 Å². The van der Waals surface area contributed by atoms with Crippen molar-refractivity contribution in [2.24, 2.45) is 5.41 Å². The second-order valence-electron chi connectivity index (χ2n) is 5.18. The van der Waals surface area contributed by atoms with Crippen LogP contribution in [-0.4, -0.2) is 31.4 Å². The summed E-state index contributed by atoms with van der Waals surface area (Å²) in [6.07, 6.45) is 6.40. The van der Waals surface area contributed by atoms with Crippen molar-refractivity contribution in [3.05, 3.63) is 0 Å². The molecule has 0 amide bonds. The summed E-state index contributed by atoms with van der Waals surface area (Å²) in [5.41, 5.74) is 0.455. The van der Waals surface area contributed by atoms with Gasteiger partial charge < -0.3 is 15.4 Å². The second-order valence-corrected chi connectivity index (χ2v) is 5.59. The zero-order valence-corrected chi connectivity index (χ0v) is 12.0. The van der Waals surface area contributed by atoms with Gasteiger partial charge in [0, 0.05) is 26.3 Å². The van der Waals surface area contributed by atoms with E-state index in [1.165, 1.54) is 25.7 Å². The number of rotatable bonds is 7. The van der Waals surface area contributed by atoms with Crippen LogP contribution >= 0.6 is 12.2 Å². The Morgan fingerprint density at radius 3 is 2.65 bits per heavy atom. The third-order valence-corrected chi connectivity index (χ3v) is 3.73. The molecule has 0 heterocycles. The van der Waals surface area contributed by atoms with Gasteiger partial charge in [-0.3, -0.25) is 0 Å². The topological polar surface area (TPSA) is 33.3 Å². The van der Waals surface area contributed by atoms with Gasteiger partial charge in [0.05, 0.1) is 0 Å². The first-order chi connectivity index (χ1) is 8.16. The summed E-state index contributed by atoms with van der Waals surface area (Å²) in [7, 11) is 0. The fourth-order valence-electron chi connectivity index (χ4n) is 2.28. The number of nitrogens with one attached hydrogen (secondary N) is 2. The van der Waals surface area contributed by atoms with Crippen molar-refractivity contribution in [1.29, 1.82) is 0 Å². The Morgan fingerprint density at radius 1 is 1.29 bits per heavy atom. The molecule has 3 nitrogen and oxygen atoms in total. The van der Waals surface area contributed by atoms with Gasteiger partial charge in [0.2, 0.25) is 0 Å². The maximum atomic E-state index is 5.27. The van der Waals surface area contributed by atoms with Gasteiger partial charge in [0.15, 0.2) is 5.11 Å². The maximum Gasteiger partial charge on any atom is 0.166 e. The minimum atomic E-state index is 0.455. The maximum absolute atomic E-state index is 5.27. The molecule has 0 saturated heterocycles. The SMILES string of the molecule is CCOCCCNC(=S)NCC1(C)CCCC1. The first-order valence-electron chi connectivity index (χ1n) is 6.76. The minimum absolute atomic E-state index is 0.455. The summed E-state index contributed by atoms with van der Waals surface area (Å²) in [6, 6.07) is 0. The van der Waals surface area contributed by atoms with Crippen LogP contribution in [0.15, 0.2) is 0 Å². The van der Waals surface area contributed by atoms with Crippen LogP contribution in [-0.2, 0) is 4.74 Å². The quantitative estimate of drug-likeness (QED) is 0.543. The van der Waals surface area contributed by atoms with Gasteiger partial charge >= 0.3 is 0 Å². The van der Waals surface area contributed by atoms with Crippen molar-refractivity contribution in [2.45, 2.75) is 46.0 Å². The lowest BCUT2D eigenvalue weighted by atomic mass is 9.89. The molecule has 0 aliphatic heterocycles. The Morgan fingerprint density at radius 2 is 2.00 bits per heavy atom. The Kier molecular flexibility index (Phi) is 6.82. The molecule has 1 aliphatic rings. The Labute approximate surface area is 111 Å². The van der Waals surface area contributed by atoms with Gasteiger partial charge in [-0.2, -0.15) is 0 Å². The van der Waals surface area contributed by atoms with Gasteiger partial charge in [-0.05, 0) is 43.8 Å². The van der Waals surface area contributed by atoms with Crippen LogP contribution in [0.25, 0.3) is 0 Å². The number of hydrogen-bond acceptors (Lipinski definition) is 2. The monoisotopic (exact) mass is 258 g/mol. The summed E-state index contributed by atoms with van der Waals surface area (Å²) in [5, 5.41) is 7.35. The molecule has 0 radical (unpaired) electrons. The van der Waals surface area contributed by atoms with Gasteiger partial charge in [-0.15, -0.1) is 0 Å². The highest BCUT2D eigenvalue weighted by atomic mass is 32.1. The average molecular weight is 258 g/mol. The molecule has 100 valence electrons. The van der Waals surface area contributed by atoms with E-state index in [-0.39, 0.29) is 0 Å². The third-order valence-electron chi connectivity index (χ3n) is 3.44. The molecule has 0 unspecified atom stereocenters. The van der Waals surface area contributed by atoms with Crippen LogP contribution in [0.3, 0.4) is 0 Å². The van der Waals surface area contributed by atoms with E-state index >= 15 is 0 Å². The van der Waals surface area contributed by atoms with Crippen LogP contribution in [0.4, 0.5) is 0 Å². The van der Waals surface area contributed by atoms with Crippen LogP contribution in [0.1, 0.15) is 46.0 Å². The fourth-order valence-corrected chi connectivity index (χ4v) is 2.46. The molecule has 17 heavy (non-hydrogen) atoms. The van der Waals surface area contributed by atoms with Crippen molar-refractivity contribution in [1.82, 2.24) is 10.6 Å². The Bertz CT molecular complexity index is 227. The standard InChI is InChI=1S/C13H26N2OS/c1-3-16-10-6-9-14-12(17)15-11-13(2)7-4-5-8-13/h3-11H2,1-2H3,(H2,14,15,17). The summed E-state index contributed by atoms with van der Waals surface area (Å²) in [4.78, 5) is 0. The van der Waals surface area contributed by atoms with Crippen LogP contribution in [0, 0.1) is 5.41 Å². The highest BCUT2D eigenvalue weighted by Gasteiger charge is 2.28. The molecular weight excluding hydrogens is 232 g/mol. The lowest BCUT2D eigenvalue weighted by Gasteiger charge is -2.24. The predicted molar refractivity (Wildman–Crippen MR) is 76.3 cm³/mol. The third kappa shape index (κ3) is 6.22. The van der Waals surface area contributed by atoms with E-state index in [1.807, 2.05) is 6.92 Å². The molecule has 2 N–H and O–H groups in total. The summed E-state index contributed by atoms with van der Waals surface area (Å²) in [6.45, 7) is 7.87. The highest BCUT2D eigenvalue weighted by Crippen LogP contribution is 2.36. The normalized spacial score (nSPS) is 18.0. The first-order valence-corrected chi connectivity index (χ1v) is 7.16. The van der Waals surface area contributed by atoms with Crippen molar-refractivity contribution >= 4 is 17.3 Å². The molecule has 4 heteroatoms. The van der Waals surface area contributed by atoms with E-state index in [2.05, 4.69) is 17.6 Å². The molecule has 0 aromatic heterocycles. The van der Waals surface area contributed by atoms with Crippen molar-refractivity contribution < 1.29 is 4.74 Å². The molecule has 1 saturated carbocycles. The fraction of sp³-hybridized carbons (Fsp3) is 0.923. The highest BCUT2D eigenvalue weighted by molar-refractivity contribution is 7.80. The first kappa shape index (κ1) is 14.7. The van der Waals surface area contributed by atoms with Crippen LogP contribution in [0.2, 0.25) is 0 Å². The van der Waals surface area contributed by atoms with E-state index < -0.39 is 0 Å². The van der Waals surface area contributed by atoms with Crippen molar-refractivity contribution in [2.75, 3.05) is 26.3 Å². The van der Waals surface area contributed by atoms with Gasteiger partial charge in [0.25, 0.3) is 0 Å². The molecule has 0 aromatic carbocycles. The second kappa shape index (κ2) is 7.88. The number of thiocarbonyl (C=S) groups is 1. The van der Waals surface area contributed by atoms with Crippen molar-refractivity contribution in [3.63, 3.8) is 0 Å². The minimum Gasteiger partial charge on any atom is -0.382 e. The molecule has 0 aromatic rings. The van der Waals surface area contributed by atoms with Crippen molar-refractivity contribution in [3.8, 4) is 0 Å². The summed E-state index contributed by atoms with van der Waals surface area (Å²) in [5.74, 6) is 0. The Balaban J connectivity index is 2.01. The smallest absolute Gasteiger partial charge is 0.166 e. The van der Waals surface area contributed by atoms with E-state index in [9.17, 15) is 0 Å². The molecule has 1 aliphatic carbocycles. The van der Waals surface area contributed by atoms with Crippen LogP contribution in [0.5, 0.6) is 0 Å². The molecular formula is C13H26N2OS. The van der Waals surface area contributed by atoms with E-state index in [1.54, 1.807) is 0 Å². The van der Waals surface area contributed by atoms with E-state index in [0.717, 1.165) is 37.8 Å².